The third kappa shape index (κ3) is 5.21. The molecule has 2 aromatic carbocycles. The highest BCUT2D eigenvalue weighted by Crippen LogP contribution is 2.36. The van der Waals surface area contributed by atoms with Crippen LogP contribution in [-0.2, 0) is 0 Å². The summed E-state index contributed by atoms with van der Waals surface area (Å²) in [7, 11) is 1.56. The van der Waals surface area contributed by atoms with Crippen molar-refractivity contribution < 1.29 is 14.2 Å². The predicted octanol–water partition coefficient (Wildman–Crippen LogP) is 3.59. The Morgan fingerprint density at radius 1 is 1.11 bits per heavy atom. The lowest BCUT2D eigenvalue weighted by atomic mass is 10.2. The average molecular weight is 387 g/mol. The Morgan fingerprint density at radius 2 is 1.89 bits per heavy atom. The Labute approximate surface area is 162 Å². The zero-order chi connectivity index (χ0) is 19.1. The van der Waals surface area contributed by atoms with E-state index in [1.54, 1.807) is 25.5 Å². The van der Waals surface area contributed by atoms with Crippen molar-refractivity contribution in [1.82, 2.24) is 14.9 Å². The van der Waals surface area contributed by atoms with Crippen LogP contribution in [0.2, 0.25) is 5.02 Å². The first-order chi connectivity index (χ1) is 13.2. The number of aromatic nitrogens is 3. The molecule has 0 spiro atoms. The van der Waals surface area contributed by atoms with Crippen LogP contribution in [0.1, 0.15) is 11.1 Å². The summed E-state index contributed by atoms with van der Waals surface area (Å²) < 4.78 is 18.3. The normalized spacial score (nSPS) is 10.9. The third-order valence-corrected chi connectivity index (χ3v) is 3.87. The Kier molecular flexibility index (Phi) is 6.27. The molecule has 0 radical (unpaired) electrons. The highest BCUT2D eigenvalue weighted by Gasteiger charge is 2.11. The zero-order valence-corrected chi connectivity index (χ0v) is 15.8. The van der Waals surface area contributed by atoms with E-state index in [1.165, 1.54) is 17.3 Å². The van der Waals surface area contributed by atoms with Crippen LogP contribution in [-0.4, -0.2) is 41.4 Å². The Bertz CT molecular complexity index is 913. The van der Waals surface area contributed by atoms with E-state index in [2.05, 4.69) is 15.3 Å². The SMILES string of the molecule is COc1cc(/C=N/n2cnnc2)cc(Cl)c1OCCOc1cccc(C)c1. The number of benzene rings is 2. The minimum Gasteiger partial charge on any atom is -0.493 e. The van der Waals surface area contributed by atoms with Crippen molar-refractivity contribution in [3.8, 4) is 17.2 Å². The molecule has 0 aliphatic heterocycles. The quantitative estimate of drug-likeness (QED) is 0.437. The van der Waals surface area contributed by atoms with Crippen molar-refractivity contribution in [3.63, 3.8) is 0 Å². The Morgan fingerprint density at radius 3 is 2.63 bits per heavy atom. The predicted molar refractivity (Wildman–Crippen MR) is 103 cm³/mol. The molecule has 27 heavy (non-hydrogen) atoms. The van der Waals surface area contributed by atoms with Crippen LogP contribution in [0, 0.1) is 6.92 Å². The lowest BCUT2D eigenvalue weighted by molar-refractivity contribution is 0.211. The van der Waals surface area contributed by atoms with Crippen molar-refractivity contribution in [3.05, 3.63) is 65.2 Å². The largest absolute Gasteiger partial charge is 0.493 e. The second-order valence-electron chi connectivity index (χ2n) is 5.63. The number of halogens is 1. The summed E-state index contributed by atoms with van der Waals surface area (Å²) in [6.07, 6.45) is 4.60. The van der Waals surface area contributed by atoms with E-state index < -0.39 is 0 Å². The summed E-state index contributed by atoms with van der Waals surface area (Å²) in [5.74, 6) is 1.79. The first-order valence-electron chi connectivity index (χ1n) is 8.24. The van der Waals surface area contributed by atoms with E-state index in [1.807, 2.05) is 31.2 Å². The monoisotopic (exact) mass is 386 g/mol. The fraction of sp³-hybridized carbons (Fsp3) is 0.211. The van der Waals surface area contributed by atoms with Gasteiger partial charge in [0.25, 0.3) is 0 Å². The third-order valence-electron chi connectivity index (χ3n) is 3.59. The van der Waals surface area contributed by atoms with Gasteiger partial charge in [0, 0.05) is 0 Å². The highest BCUT2D eigenvalue weighted by molar-refractivity contribution is 6.32. The van der Waals surface area contributed by atoms with Gasteiger partial charge in [-0.05, 0) is 42.3 Å². The molecule has 0 aliphatic rings. The van der Waals surface area contributed by atoms with Gasteiger partial charge >= 0.3 is 0 Å². The summed E-state index contributed by atoms with van der Waals surface area (Å²) >= 11 is 6.35. The van der Waals surface area contributed by atoms with Gasteiger partial charge < -0.3 is 14.2 Å². The standard InChI is InChI=1S/C19H19ClN4O3/c1-14-4-3-5-16(8-14)26-6-7-27-19-17(20)9-15(10-18(19)25-2)11-23-24-12-21-22-13-24/h3-5,8-13H,6-7H2,1-2H3/b23-11+. The fourth-order valence-electron chi connectivity index (χ4n) is 2.35. The molecule has 3 rings (SSSR count). The van der Waals surface area contributed by atoms with Gasteiger partial charge in [0.1, 0.15) is 31.6 Å². The molecule has 0 saturated heterocycles. The number of methoxy groups -OCH3 is 1. The first kappa shape index (κ1) is 18.7. The van der Waals surface area contributed by atoms with Gasteiger partial charge in [-0.15, -0.1) is 10.2 Å². The molecule has 3 aromatic rings. The molecular weight excluding hydrogens is 368 g/mol. The number of nitrogens with zero attached hydrogens (tertiary/aromatic N) is 4. The van der Waals surface area contributed by atoms with Crippen molar-refractivity contribution in [2.45, 2.75) is 6.92 Å². The highest BCUT2D eigenvalue weighted by atomic mass is 35.5. The van der Waals surface area contributed by atoms with Gasteiger partial charge in [0.05, 0.1) is 18.3 Å². The van der Waals surface area contributed by atoms with Crippen molar-refractivity contribution in [2.24, 2.45) is 5.10 Å². The number of rotatable bonds is 8. The van der Waals surface area contributed by atoms with Gasteiger partial charge in [-0.3, -0.25) is 0 Å². The number of hydrogen-bond donors (Lipinski definition) is 0. The van der Waals surface area contributed by atoms with E-state index in [0.29, 0.717) is 29.7 Å². The molecule has 0 fully saturated rings. The van der Waals surface area contributed by atoms with Crippen molar-refractivity contribution in [1.29, 1.82) is 0 Å². The molecular formula is C19H19ClN4O3. The van der Waals surface area contributed by atoms with Gasteiger partial charge in [-0.25, -0.2) is 4.68 Å². The maximum atomic E-state index is 6.35. The second kappa shape index (κ2) is 9.05. The van der Waals surface area contributed by atoms with Gasteiger partial charge in [-0.1, -0.05) is 23.7 Å². The second-order valence-corrected chi connectivity index (χ2v) is 6.04. The Balaban J connectivity index is 1.62. The summed E-state index contributed by atoms with van der Waals surface area (Å²) in [5.41, 5.74) is 1.90. The molecule has 0 aliphatic carbocycles. The number of hydrogen-bond acceptors (Lipinski definition) is 6. The molecule has 8 heteroatoms. The Hall–Kier alpha value is -3.06. The van der Waals surface area contributed by atoms with Gasteiger partial charge in [0.15, 0.2) is 11.5 Å². The molecule has 0 unspecified atom stereocenters. The van der Waals surface area contributed by atoms with E-state index in [9.17, 15) is 0 Å². The van der Waals surface area contributed by atoms with Crippen LogP contribution >= 0.6 is 11.6 Å². The van der Waals surface area contributed by atoms with Crippen LogP contribution in [0.4, 0.5) is 0 Å². The lowest BCUT2D eigenvalue weighted by Crippen LogP contribution is -2.10. The van der Waals surface area contributed by atoms with Crippen LogP contribution in [0.3, 0.4) is 0 Å². The molecule has 1 aromatic heterocycles. The van der Waals surface area contributed by atoms with Crippen LogP contribution in [0.25, 0.3) is 0 Å². The van der Waals surface area contributed by atoms with E-state index >= 15 is 0 Å². The van der Waals surface area contributed by atoms with Crippen LogP contribution in [0.15, 0.2) is 54.2 Å². The van der Waals surface area contributed by atoms with E-state index in [-0.39, 0.29) is 0 Å². The molecule has 0 N–H and O–H groups in total. The summed E-state index contributed by atoms with van der Waals surface area (Å²) in [5, 5.41) is 12.0. The fourth-order valence-corrected chi connectivity index (χ4v) is 2.62. The van der Waals surface area contributed by atoms with Gasteiger partial charge in [-0.2, -0.15) is 5.10 Å². The summed E-state index contributed by atoms with van der Waals surface area (Å²) in [4.78, 5) is 0. The minimum absolute atomic E-state index is 0.332. The maximum absolute atomic E-state index is 6.35. The van der Waals surface area contributed by atoms with Crippen LogP contribution < -0.4 is 14.2 Å². The maximum Gasteiger partial charge on any atom is 0.179 e. The molecule has 1 heterocycles. The van der Waals surface area contributed by atoms with Crippen molar-refractivity contribution >= 4 is 17.8 Å². The molecule has 140 valence electrons. The minimum atomic E-state index is 0.332. The molecule has 0 saturated carbocycles. The van der Waals surface area contributed by atoms with Gasteiger partial charge in [0.2, 0.25) is 0 Å². The molecule has 0 atom stereocenters. The molecule has 7 nitrogen and oxygen atoms in total. The summed E-state index contributed by atoms with van der Waals surface area (Å²) in [6.45, 7) is 2.74. The number of aryl methyl sites for hydroxylation is 1. The smallest absolute Gasteiger partial charge is 0.179 e. The first-order valence-corrected chi connectivity index (χ1v) is 8.62. The molecule has 0 bridgehead atoms. The molecule has 0 amide bonds. The average Bonchev–Trinajstić information content (AvgIpc) is 3.18. The number of ether oxygens (including phenoxy) is 3. The lowest BCUT2D eigenvalue weighted by Gasteiger charge is -2.14. The van der Waals surface area contributed by atoms with E-state index in [4.69, 9.17) is 25.8 Å². The van der Waals surface area contributed by atoms with Crippen LogP contribution in [0.5, 0.6) is 17.2 Å². The zero-order valence-electron chi connectivity index (χ0n) is 15.0. The van der Waals surface area contributed by atoms with Crippen molar-refractivity contribution in [2.75, 3.05) is 20.3 Å². The topological polar surface area (TPSA) is 70.8 Å². The summed E-state index contributed by atoms with van der Waals surface area (Å²) in [6, 6.07) is 11.4. The van der Waals surface area contributed by atoms with E-state index in [0.717, 1.165) is 16.9 Å².